The lowest BCUT2D eigenvalue weighted by molar-refractivity contribution is -0.379. The van der Waals surface area contributed by atoms with Crippen LogP contribution in [-0.2, 0) is 33.2 Å². The quantitative estimate of drug-likeness (QED) is 0.0317. The molecule has 0 radical (unpaired) electrons. The number of aliphatic hydroxyl groups is 11. The maximum Gasteiger partial charge on any atom is 0.220 e. The first kappa shape index (κ1) is 66.0. The van der Waals surface area contributed by atoms with E-state index >= 15 is 0 Å². The second-order valence-corrected chi connectivity index (χ2v) is 19.0. The second kappa shape index (κ2) is 39.1. The van der Waals surface area contributed by atoms with E-state index in [9.17, 15) is 61.0 Å². The predicted octanol–water partition coefficient (Wildman–Crippen LogP) is 3.03. The summed E-state index contributed by atoms with van der Waals surface area (Å²) in [6.45, 7) is 1.39. The molecule has 17 unspecified atom stereocenters. The number of nitrogens with one attached hydrogen (secondary N) is 1. The Morgan fingerprint density at radius 3 is 1.36 bits per heavy atom. The number of hydrogen-bond donors (Lipinski definition) is 12. The Balaban J connectivity index is 1.39. The number of aliphatic hydroxyl groups excluding tert-OH is 11. The van der Waals surface area contributed by atoms with Crippen LogP contribution in [0.1, 0.15) is 117 Å². The SMILES string of the molecule is CC/C=C\C/C=C\C/C=C\C/C=C\C/C=C\C/C=C\C/C=C\C/C=C\CCCCC(=O)NC(COC1OC(CO)C(OC2OC(CO)C(OC3OC(CO)C(O)C(O)C3O)C(O)C2O)C(O)C1O)C(O)CCCCC. The lowest BCUT2D eigenvalue weighted by Crippen LogP contribution is -2.66. The Morgan fingerprint density at radius 2 is 0.907 bits per heavy atom. The number of allylic oxidation sites excluding steroid dienone is 16. The van der Waals surface area contributed by atoms with Gasteiger partial charge < -0.3 is 89.9 Å². The van der Waals surface area contributed by atoms with Crippen LogP contribution >= 0.6 is 0 Å². The van der Waals surface area contributed by atoms with Gasteiger partial charge in [0, 0.05) is 6.42 Å². The van der Waals surface area contributed by atoms with Crippen molar-refractivity contribution in [2.24, 2.45) is 0 Å². The molecule has 75 heavy (non-hydrogen) atoms. The first-order valence-corrected chi connectivity index (χ1v) is 27.0. The highest BCUT2D eigenvalue weighted by Crippen LogP contribution is 2.33. The normalized spacial score (nSPS) is 32.0. The minimum absolute atomic E-state index is 0.201. The highest BCUT2D eigenvalue weighted by Gasteiger charge is 2.53. The fourth-order valence-corrected chi connectivity index (χ4v) is 8.44. The van der Waals surface area contributed by atoms with Gasteiger partial charge in [0.1, 0.15) is 73.2 Å². The monoisotopic (exact) mass is 1070 g/mol. The molecule has 0 aromatic rings. The lowest BCUT2D eigenvalue weighted by atomic mass is 9.96. The first-order chi connectivity index (χ1) is 36.3. The van der Waals surface area contributed by atoms with Gasteiger partial charge in [0.05, 0.1) is 38.6 Å². The molecule has 0 spiro atoms. The molecule has 19 heteroatoms. The van der Waals surface area contributed by atoms with Crippen molar-refractivity contribution in [1.29, 1.82) is 0 Å². The molecule has 428 valence electrons. The van der Waals surface area contributed by atoms with Gasteiger partial charge in [-0.15, -0.1) is 0 Å². The lowest BCUT2D eigenvalue weighted by Gasteiger charge is -2.48. The van der Waals surface area contributed by atoms with Crippen molar-refractivity contribution in [3.05, 3.63) is 97.2 Å². The number of rotatable bonds is 36. The van der Waals surface area contributed by atoms with Gasteiger partial charge in [0.25, 0.3) is 0 Å². The average molecular weight is 1070 g/mol. The van der Waals surface area contributed by atoms with Crippen LogP contribution in [0.2, 0.25) is 0 Å². The van der Waals surface area contributed by atoms with Crippen molar-refractivity contribution in [3.63, 3.8) is 0 Å². The molecule has 0 aromatic heterocycles. The number of carbonyl (C=O) groups is 1. The summed E-state index contributed by atoms with van der Waals surface area (Å²) in [6, 6.07) is -0.913. The smallest absolute Gasteiger partial charge is 0.220 e. The molecular weight excluding hydrogens is 975 g/mol. The Hall–Kier alpha value is -3.29. The zero-order valence-electron chi connectivity index (χ0n) is 44.0. The van der Waals surface area contributed by atoms with E-state index in [1.807, 2.05) is 6.92 Å². The van der Waals surface area contributed by atoms with E-state index < -0.39 is 124 Å². The Kier molecular flexibility index (Phi) is 34.4. The fraction of sp³-hybridized carbons (Fsp3) is 0.696. The van der Waals surface area contributed by atoms with Crippen molar-refractivity contribution < 1.29 is 89.4 Å². The van der Waals surface area contributed by atoms with E-state index in [2.05, 4.69) is 109 Å². The summed E-state index contributed by atoms with van der Waals surface area (Å²) >= 11 is 0. The average Bonchev–Trinajstić information content (AvgIpc) is 3.40. The third-order valence-electron chi connectivity index (χ3n) is 12.9. The molecule has 3 fully saturated rings. The van der Waals surface area contributed by atoms with Crippen molar-refractivity contribution >= 4 is 5.91 Å². The molecular formula is C56H91NO18. The molecule has 12 N–H and O–H groups in total. The minimum atomic E-state index is -1.98. The first-order valence-electron chi connectivity index (χ1n) is 27.0. The molecule has 17 atom stereocenters. The van der Waals surface area contributed by atoms with Crippen molar-refractivity contribution in [2.75, 3.05) is 26.4 Å². The predicted molar refractivity (Wildman–Crippen MR) is 281 cm³/mol. The summed E-state index contributed by atoms with van der Waals surface area (Å²) in [4.78, 5) is 13.1. The summed E-state index contributed by atoms with van der Waals surface area (Å²) in [6.07, 6.45) is 20.7. The van der Waals surface area contributed by atoms with Gasteiger partial charge in [-0.2, -0.15) is 0 Å². The molecule has 3 rings (SSSR count). The van der Waals surface area contributed by atoms with Crippen molar-refractivity contribution in [2.45, 2.75) is 221 Å². The van der Waals surface area contributed by atoms with Crippen LogP contribution in [0.15, 0.2) is 97.2 Å². The van der Waals surface area contributed by atoms with Crippen molar-refractivity contribution in [3.8, 4) is 0 Å². The van der Waals surface area contributed by atoms with Crippen molar-refractivity contribution in [1.82, 2.24) is 5.32 Å². The van der Waals surface area contributed by atoms with Gasteiger partial charge in [-0.05, 0) is 77.0 Å². The number of ether oxygens (including phenoxy) is 6. The number of unbranched alkanes of at least 4 members (excludes halogenated alkanes) is 4. The van der Waals surface area contributed by atoms with Gasteiger partial charge in [-0.25, -0.2) is 0 Å². The fourth-order valence-electron chi connectivity index (χ4n) is 8.44. The molecule has 19 nitrogen and oxygen atoms in total. The molecule has 1 amide bonds. The molecule has 0 aliphatic carbocycles. The van der Waals surface area contributed by atoms with E-state index in [0.717, 1.165) is 77.0 Å². The number of amides is 1. The highest BCUT2D eigenvalue weighted by atomic mass is 16.8. The van der Waals surface area contributed by atoms with Gasteiger partial charge in [0.2, 0.25) is 5.91 Å². The molecule has 3 aliphatic rings. The zero-order valence-corrected chi connectivity index (χ0v) is 44.0. The van der Waals surface area contributed by atoms with Crippen LogP contribution in [0, 0.1) is 0 Å². The van der Waals surface area contributed by atoms with E-state index in [0.29, 0.717) is 19.3 Å². The van der Waals surface area contributed by atoms with E-state index in [1.54, 1.807) is 0 Å². The van der Waals surface area contributed by atoms with Crippen LogP contribution in [-0.4, -0.2) is 193 Å². The van der Waals surface area contributed by atoms with Crippen LogP contribution in [0.25, 0.3) is 0 Å². The highest BCUT2D eigenvalue weighted by molar-refractivity contribution is 5.76. The summed E-state index contributed by atoms with van der Waals surface area (Å²) in [5.41, 5.74) is 0. The molecule has 3 saturated heterocycles. The van der Waals surface area contributed by atoms with E-state index in [1.165, 1.54) is 0 Å². The molecule has 0 aromatic carbocycles. The summed E-state index contributed by atoms with van der Waals surface area (Å²) < 4.78 is 33.9. The molecule has 0 saturated carbocycles. The summed E-state index contributed by atoms with van der Waals surface area (Å²) in [5, 5.41) is 119. The maximum absolute atomic E-state index is 13.1. The van der Waals surface area contributed by atoms with Gasteiger partial charge in [-0.3, -0.25) is 4.79 Å². The Bertz CT molecular complexity index is 1750. The Labute approximate surface area is 443 Å². The van der Waals surface area contributed by atoms with Crippen LogP contribution < -0.4 is 5.32 Å². The van der Waals surface area contributed by atoms with Gasteiger partial charge in [0.15, 0.2) is 18.9 Å². The molecule has 0 bridgehead atoms. The maximum atomic E-state index is 13.1. The largest absolute Gasteiger partial charge is 0.394 e. The topological polar surface area (TPSA) is 307 Å². The summed E-state index contributed by atoms with van der Waals surface area (Å²) in [5.74, 6) is -0.304. The second-order valence-electron chi connectivity index (χ2n) is 19.0. The van der Waals surface area contributed by atoms with Gasteiger partial charge >= 0.3 is 0 Å². The third kappa shape index (κ3) is 24.1. The van der Waals surface area contributed by atoms with E-state index in [-0.39, 0.29) is 18.9 Å². The van der Waals surface area contributed by atoms with Gasteiger partial charge in [-0.1, -0.05) is 130 Å². The summed E-state index contributed by atoms with van der Waals surface area (Å²) in [7, 11) is 0. The molecule has 3 heterocycles. The third-order valence-corrected chi connectivity index (χ3v) is 12.9. The zero-order chi connectivity index (χ0) is 54.8. The standard InChI is InChI=1S/C56H91NO18/c1-3-5-7-8-9-10-11-12-13-14-15-16-17-18-19-20-21-22-23-24-25-26-27-28-29-30-32-34-44(62)57-39(40(61)33-31-6-4-2)38-70-54-50(68)47(65)52(42(36-59)72-54)75-56-51(69)48(66)53(43(37-60)73-56)74-55-49(67)46(64)45(63)41(35-58)71-55/h5,7,9-10,12-13,15-16,18-19,21-22,24-25,27-28,39-43,45-56,58-61,63-69H,3-4,6,8,11,14,17,20,23,26,29-38H2,1-2H3,(H,57,62)/b7-5-,10-9-,13-12-,16-15-,19-18-,22-21-,25-24-,28-27-. The van der Waals surface area contributed by atoms with Crippen LogP contribution in [0.5, 0.6) is 0 Å². The number of carbonyl (C=O) groups excluding carboxylic acids is 1. The Morgan fingerprint density at radius 1 is 0.493 bits per heavy atom. The minimum Gasteiger partial charge on any atom is -0.394 e. The van der Waals surface area contributed by atoms with Crippen LogP contribution in [0.4, 0.5) is 0 Å². The molecule has 3 aliphatic heterocycles. The number of hydrogen-bond acceptors (Lipinski definition) is 18. The van der Waals surface area contributed by atoms with E-state index in [4.69, 9.17) is 28.4 Å². The van der Waals surface area contributed by atoms with Crippen LogP contribution in [0.3, 0.4) is 0 Å².